The molecule has 0 unspecified atom stereocenters. The molecule has 122 valence electrons. The molecule has 0 aliphatic carbocycles. The van der Waals surface area contributed by atoms with Gasteiger partial charge < -0.3 is 14.2 Å². The van der Waals surface area contributed by atoms with Crippen molar-refractivity contribution in [3.8, 4) is 11.5 Å². The summed E-state index contributed by atoms with van der Waals surface area (Å²) in [4.78, 5) is 16.3. The van der Waals surface area contributed by atoms with Crippen LogP contribution in [0.25, 0.3) is 6.08 Å². The summed E-state index contributed by atoms with van der Waals surface area (Å²) in [6, 6.07) is 13.0. The van der Waals surface area contributed by atoms with Crippen molar-refractivity contribution in [1.82, 2.24) is 0 Å². The van der Waals surface area contributed by atoms with E-state index < -0.39 is 5.97 Å². The Bertz CT molecular complexity index is 841. The number of aliphatic imine (C=N–C) groups is 1. The Labute approximate surface area is 153 Å². The smallest absolute Gasteiger partial charge is 0.363 e. The van der Waals surface area contributed by atoms with Gasteiger partial charge >= 0.3 is 5.97 Å². The third-order valence-corrected chi connectivity index (χ3v) is 4.14. The van der Waals surface area contributed by atoms with E-state index in [2.05, 4.69) is 27.6 Å². The molecule has 0 aromatic heterocycles. The number of carbonyl (C=O) groups is 1. The summed E-state index contributed by atoms with van der Waals surface area (Å²) < 4.78 is 16.8. The van der Waals surface area contributed by atoms with Gasteiger partial charge in [0, 0.05) is 9.13 Å². The molecule has 1 aliphatic heterocycles. The predicted octanol–water partition coefficient (Wildman–Crippen LogP) is 3.65. The first-order valence-electron chi connectivity index (χ1n) is 7.11. The summed E-state index contributed by atoms with van der Waals surface area (Å²) in [5, 5.41) is 0. The monoisotopic (exact) mass is 435 g/mol. The Morgan fingerprint density at radius 2 is 1.75 bits per heavy atom. The highest BCUT2D eigenvalue weighted by atomic mass is 127. The molecule has 1 aliphatic rings. The van der Waals surface area contributed by atoms with Gasteiger partial charge in [-0.2, -0.15) is 0 Å². The van der Waals surface area contributed by atoms with Crippen molar-refractivity contribution in [2.45, 2.75) is 0 Å². The molecular formula is C18H14INO4. The average Bonchev–Trinajstić information content (AvgIpc) is 2.96. The van der Waals surface area contributed by atoms with Crippen LogP contribution in [0.1, 0.15) is 11.1 Å². The number of hydrogen-bond acceptors (Lipinski definition) is 5. The standard InChI is InChI=1S/C18H14INO4/c1-22-15-8-3-11(10-16(15)23-2)9-14-18(21)24-17(20-14)12-4-6-13(19)7-5-12/h3-10H,1-2H3/b14-9+. The molecule has 1 heterocycles. The van der Waals surface area contributed by atoms with Crippen LogP contribution in [0.5, 0.6) is 11.5 Å². The first-order chi connectivity index (χ1) is 11.6. The van der Waals surface area contributed by atoms with Crippen LogP contribution >= 0.6 is 22.6 Å². The van der Waals surface area contributed by atoms with E-state index in [0.29, 0.717) is 17.4 Å². The minimum atomic E-state index is -0.474. The number of ether oxygens (including phenoxy) is 3. The Balaban J connectivity index is 1.92. The normalized spacial score (nSPS) is 15.2. The molecule has 0 bridgehead atoms. The average molecular weight is 435 g/mol. The number of cyclic esters (lactones) is 1. The summed E-state index contributed by atoms with van der Waals surface area (Å²) in [7, 11) is 3.13. The summed E-state index contributed by atoms with van der Waals surface area (Å²) in [6.07, 6.45) is 1.66. The Morgan fingerprint density at radius 1 is 1.04 bits per heavy atom. The molecule has 5 nitrogen and oxygen atoms in total. The van der Waals surface area contributed by atoms with Crippen LogP contribution in [0.4, 0.5) is 0 Å². The molecular weight excluding hydrogens is 421 g/mol. The zero-order chi connectivity index (χ0) is 17.1. The minimum absolute atomic E-state index is 0.246. The van der Waals surface area contributed by atoms with Gasteiger partial charge in [0.25, 0.3) is 0 Å². The van der Waals surface area contributed by atoms with Crippen molar-refractivity contribution in [1.29, 1.82) is 0 Å². The minimum Gasteiger partial charge on any atom is -0.493 e. The van der Waals surface area contributed by atoms with Crippen LogP contribution in [-0.2, 0) is 9.53 Å². The number of carbonyl (C=O) groups excluding carboxylic acids is 1. The van der Waals surface area contributed by atoms with Crippen LogP contribution in [-0.4, -0.2) is 26.1 Å². The van der Waals surface area contributed by atoms with Crippen LogP contribution in [0.3, 0.4) is 0 Å². The van der Waals surface area contributed by atoms with E-state index in [4.69, 9.17) is 14.2 Å². The van der Waals surface area contributed by atoms with E-state index in [1.807, 2.05) is 30.3 Å². The van der Waals surface area contributed by atoms with E-state index in [0.717, 1.165) is 14.7 Å². The number of methoxy groups -OCH3 is 2. The summed E-state index contributed by atoms with van der Waals surface area (Å²) in [5.74, 6) is 1.04. The maximum atomic E-state index is 12.0. The lowest BCUT2D eigenvalue weighted by Gasteiger charge is -2.07. The number of hydrogen-bond donors (Lipinski definition) is 0. The number of benzene rings is 2. The highest BCUT2D eigenvalue weighted by molar-refractivity contribution is 14.1. The maximum absolute atomic E-state index is 12.0. The summed E-state index contributed by atoms with van der Waals surface area (Å²) >= 11 is 2.21. The molecule has 0 N–H and O–H groups in total. The highest BCUT2D eigenvalue weighted by Gasteiger charge is 2.24. The lowest BCUT2D eigenvalue weighted by Crippen LogP contribution is -2.05. The summed E-state index contributed by atoms with van der Waals surface area (Å²) in [5.41, 5.74) is 1.78. The molecule has 0 fully saturated rings. The third-order valence-electron chi connectivity index (χ3n) is 3.42. The van der Waals surface area contributed by atoms with Crippen LogP contribution in [0, 0.1) is 3.57 Å². The molecule has 0 spiro atoms. The number of esters is 1. The van der Waals surface area contributed by atoms with Crippen molar-refractivity contribution in [2.24, 2.45) is 4.99 Å². The van der Waals surface area contributed by atoms with Crippen molar-refractivity contribution >= 4 is 40.5 Å². The van der Waals surface area contributed by atoms with Gasteiger partial charge in [-0.25, -0.2) is 9.79 Å². The Morgan fingerprint density at radius 3 is 2.42 bits per heavy atom. The fourth-order valence-corrected chi connectivity index (χ4v) is 2.59. The fraction of sp³-hybridized carbons (Fsp3) is 0.111. The second kappa shape index (κ2) is 7.04. The predicted molar refractivity (Wildman–Crippen MR) is 99.3 cm³/mol. The molecule has 0 atom stereocenters. The Kier molecular flexibility index (Phi) is 4.84. The van der Waals surface area contributed by atoms with Crippen molar-refractivity contribution < 1.29 is 19.0 Å². The number of halogens is 1. The van der Waals surface area contributed by atoms with Crippen LogP contribution < -0.4 is 9.47 Å². The molecule has 0 saturated heterocycles. The van der Waals surface area contributed by atoms with Gasteiger partial charge in [0.15, 0.2) is 17.2 Å². The molecule has 0 saturated carbocycles. The SMILES string of the molecule is COc1ccc(/C=C2/N=C(c3ccc(I)cc3)OC2=O)cc1OC. The lowest BCUT2D eigenvalue weighted by molar-refractivity contribution is -0.129. The zero-order valence-electron chi connectivity index (χ0n) is 13.1. The van der Waals surface area contributed by atoms with E-state index in [1.54, 1.807) is 32.4 Å². The zero-order valence-corrected chi connectivity index (χ0v) is 15.2. The number of nitrogens with zero attached hydrogens (tertiary/aromatic N) is 1. The second-order valence-electron chi connectivity index (χ2n) is 4.96. The first kappa shape index (κ1) is 16.5. The van der Waals surface area contributed by atoms with Gasteiger partial charge in [-0.15, -0.1) is 0 Å². The lowest BCUT2D eigenvalue weighted by atomic mass is 10.1. The molecule has 2 aromatic carbocycles. The third kappa shape index (κ3) is 3.43. The van der Waals surface area contributed by atoms with Crippen LogP contribution in [0.2, 0.25) is 0 Å². The molecule has 2 aromatic rings. The molecule has 0 amide bonds. The molecule has 0 radical (unpaired) electrons. The van der Waals surface area contributed by atoms with E-state index >= 15 is 0 Å². The van der Waals surface area contributed by atoms with Gasteiger partial charge in [-0.1, -0.05) is 6.07 Å². The quantitative estimate of drug-likeness (QED) is 0.418. The van der Waals surface area contributed by atoms with Crippen molar-refractivity contribution in [3.63, 3.8) is 0 Å². The second-order valence-corrected chi connectivity index (χ2v) is 6.20. The molecule has 24 heavy (non-hydrogen) atoms. The molecule has 3 rings (SSSR count). The van der Waals surface area contributed by atoms with Gasteiger partial charge in [-0.05, 0) is 70.6 Å². The Hall–Kier alpha value is -2.35. The number of rotatable bonds is 4. The van der Waals surface area contributed by atoms with E-state index in [9.17, 15) is 4.79 Å². The maximum Gasteiger partial charge on any atom is 0.363 e. The van der Waals surface area contributed by atoms with E-state index in [1.165, 1.54) is 0 Å². The summed E-state index contributed by atoms with van der Waals surface area (Å²) in [6.45, 7) is 0. The van der Waals surface area contributed by atoms with E-state index in [-0.39, 0.29) is 5.70 Å². The largest absolute Gasteiger partial charge is 0.493 e. The fourth-order valence-electron chi connectivity index (χ4n) is 2.23. The van der Waals surface area contributed by atoms with Crippen LogP contribution in [0.15, 0.2) is 53.2 Å². The topological polar surface area (TPSA) is 57.1 Å². The van der Waals surface area contributed by atoms with Crippen molar-refractivity contribution in [2.75, 3.05) is 14.2 Å². The first-order valence-corrected chi connectivity index (χ1v) is 8.19. The van der Waals surface area contributed by atoms with Gasteiger partial charge in [0.2, 0.25) is 5.90 Å². The van der Waals surface area contributed by atoms with Gasteiger partial charge in [-0.3, -0.25) is 0 Å². The van der Waals surface area contributed by atoms with Crippen molar-refractivity contribution in [3.05, 3.63) is 62.9 Å². The molecule has 6 heteroatoms. The van der Waals surface area contributed by atoms with Gasteiger partial charge in [0.1, 0.15) is 0 Å². The highest BCUT2D eigenvalue weighted by Crippen LogP contribution is 2.29. The van der Waals surface area contributed by atoms with Gasteiger partial charge in [0.05, 0.1) is 14.2 Å².